The predicted octanol–water partition coefficient (Wildman–Crippen LogP) is 12.5. The monoisotopic (exact) mass is 624 g/mol. The molecule has 0 N–H and O–H groups in total. The number of aromatic nitrogens is 2. The summed E-state index contributed by atoms with van der Waals surface area (Å²) in [5.74, 6) is 0. The average molecular weight is 625 g/mol. The smallest absolute Gasteiger partial charge is 0.0619 e. The maximum Gasteiger partial charge on any atom is 0.0619 e. The van der Waals surface area contributed by atoms with E-state index in [1.807, 2.05) is 0 Å². The summed E-state index contributed by atoms with van der Waals surface area (Å²) >= 11 is 0. The molecule has 0 fully saturated rings. The lowest BCUT2D eigenvalue weighted by molar-refractivity contribution is 0.660. The van der Waals surface area contributed by atoms with E-state index in [4.69, 9.17) is 0 Å². The van der Waals surface area contributed by atoms with Crippen molar-refractivity contribution in [3.8, 4) is 22.5 Å². The zero-order valence-electron chi connectivity index (χ0n) is 27.4. The molecule has 0 spiro atoms. The van der Waals surface area contributed by atoms with Crippen molar-refractivity contribution < 1.29 is 0 Å². The van der Waals surface area contributed by atoms with E-state index in [2.05, 4.69) is 181 Å². The molecule has 230 valence electrons. The van der Waals surface area contributed by atoms with Crippen molar-refractivity contribution in [3.05, 3.63) is 169 Å². The molecule has 0 radical (unpaired) electrons. The van der Waals surface area contributed by atoms with Gasteiger partial charge in [-0.1, -0.05) is 129 Å². The summed E-state index contributed by atoms with van der Waals surface area (Å²) in [6.07, 6.45) is 0. The highest BCUT2D eigenvalue weighted by molar-refractivity contribution is 6.34. The van der Waals surface area contributed by atoms with Crippen molar-refractivity contribution in [1.82, 2.24) is 9.13 Å². The lowest BCUT2D eigenvalue weighted by atomic mass is 9.82. The Bertz CT molecular complexity index is 3010. The maximum atomic E-state index is 2.54. The van der Waals surface area contributed by atoms with E-state index in [0.717, 1.165) is 0 Å². The van der Waals surface area contributed by atoms with E-state index in [1.165, 1.54) is 98.8 Å². The molecule has 2 heteroatoms. The van der Waals surface area contributed by atoms with Crippen LogP contribution in [0.4, 0.5) is 0 Å². The second kappa shape index (κ2) is 9.49. The fraction of sp³-hybridized carbons (Fsp3) is 0.0638. The first-order chi connectivity index (χ1) is 24.1. The Kier molecular flexibility index (Phi) is 5.21. The molecule has 1 aliphatic rings. The Hall–Kier alpha value is -6.12. The highest BCUT2D eigenvalue weighted by Gasteiger charge is 2.35. The van der Waals surface area contributed by atoms with Gasteiger partial charge in [0.05, 0.1) is 22.1 Å². The largest absolute Gasteiger partial charge is 0.309 e. The summed E-state index contributed by atoms with van der Waals surface area (Å²) in [6, 6.07) is 58.5. The van der Waals surface area contributed by atoms with Crippen LogP contribution in [0.3, 0.4) is 0 Å². The van der Waals surface area contributed by atoms with E-state index >= 15 is 0 Å². The molecule has 2 nitrogen and oxygen atoms in total. The lowest BCUT2D eigenvalue weighted by Crippen LogP contribution is -2.15. The van der Waals surface area contributed by atoms with Crippen LogP contribution in [0.1, 0.15) is 25.0 Å². The summed E-state index contributed by atoms with van der Waals surface area (Å²) in [4.78, 5) is 0. The third kappa shape index (κ3) is 3.45. The molecule has 1 aliphatic carbocycles. The average Bonchev–Trinajstić information content (AvgIpc) is 3.75. The second-order valence-corrected chi connectivity index (χ2v) is 14.1. The predicted molar refractivity (Wildman–Crippen MR) is 208 cm³/mol. The normalized spacial score (nSPS) is 13.7. The quantitative estimate of drug-likeness (QED) is 0.181. The third-order valence-corrected chi connectivity index (χ3v) is 11.3. The molecule has 2 heterocycles. The molecule has 0 saturated carbocycles. The van der Waals surface area contributed by atoms with Crippen molar-refractivity contribution >= 4 is 65.2 Å². The van der Waals surface area contributed by atoms with Crippen molar-refractivity contribution in [2.75, 3.05) is 0 Å². The van der Waals surface area contributed by atoms with Gasteiger partial charge in [-0.25, -0.2) is 0 Å². The van der Waals surface area contributed by atoms with E-state index in [-0.39, 0.29) is 5.41 Å². The minimum absolute atomic E-state index is 0.0853. The molecular weight excluding hydrogens is 593 g/mol. The van der Waals surface area contributed by atoms with Gasteiger partial charge < -0.3 is 9.13 Å². The van der Waals surface area contributed by atoms with Gasteiger partial charge in [-0.3, -0.25) is 0 Å². The molecule has 49 heavy (non-hydrogen) atoms. The third-order valence-electron chi connectivity index (χ3n) is 11.3. The zero-order valence-corrected chi connectivity index (χ0v) is 27.4. The van der Waals surface area contributed by atoms with Gasteiger partial charge in [0.2, 0.25) is 0 Å². The van der Waals surface area contributed by atoms with Gasteiger partial charge in [0.1, 0.15) is 0 Å². The molecule has 0 amide bonds. The van der Waals surface area contributed by atoms with Crippen LogP contribution in [0.5, 0.6) is 0 Å². The van der Waals surface area contributed by atoms with Gasteiger partial charge in [0.25, 0.3) is 0 Å². The maximum absolute atomic E-state index is 2.54. The van der Waals surface area contributed by atoms with Crippen LogP contribution in [-0.2, 0) is 5.41 Å². The summed E-state index contributed by atoms with van der Waals surface area (Å²) in [5, 5.41) is 10.3. The van der Waals surface area contributed by atoms with Gasteiger partial charge in [-0.05, 0) is 80.9 Å². The number of hydrogen-bond donors (Lipinski definition) is 0. The van der Waals surface area contributed by atoms with E-state index in [9.17, 15) is 0 Å². The van der Waals surface area contributed by atoms with Gasteiger partial charge in [0, 0.05) is 43.7 Å². The molecule has 0 aliphatic heterocycles. The lowest BCUT2D eigenvalue weighted by Gasteiger charge is -2.22. The topological polar surface area (TPSA) is 9.86 Å². The highest BCUT2D eigenvalue weighted by atomic mass is 15.0. The Labute approximate surface area is 284 Å². The summed E-state index contributed by atoms with van der Waals surface area (Å²) in [6.45, 7) is 4.74. The van der Waals surface area contributed by atoms with Crippen LogP contribution >= 0.6 is 0 Å². The van der Waals surface area contributed by atoms with Gasteiger partial charge in [-0.2, -0.15) is 0 Å². The van der Waals surface area contributed by atoms with Crippen molar-refractivity contribution in [2.24, 2.45) is 0 Å². The molecule has 8 aromatic carbocycles. The van der Waals surface area contributed by atoms with Crippen LogP contribution in [0, 0.1) is 0 Å². The number of benzene rings is 8. The first-order valence-corrected chi connectivity index (χ1v) is 17.2. The number of hydrogen-bond acceptors (Lipinski definition) is 0. The summed E-state index contributed by atoms with van der Waals surface area (Å²) in [7, 11) is 0. The Morgan fingerprint density at radius 2 is 0.980 bits per heavy atom. The van der Waals surface area contributed by atoms with Crippen molar-refractivity contribution in [2.45, 2.75) is 19.3 Å². The Morgan fingerprint density at radius 1 is 0.388 bits per heavy atom. The summed E-state index contributed by atoms with van der Waals surface area (Å²) < 4.78 is 5.00. The van der Waals surface area contributed by atoms with Crippen LogP contribution in [-0.4, -0.2) is 9.13 Å². The van der Waals surface area contributed by atoms with Gasteiger partial charge in [0.15, 0.2) is 0 Å². The highest BCUT2D eigenvalue weighted by Crippen LogP contribution is 2.50. The van der Waals surface area contributed by atoms with Crippen LogP contribution in [0.2, 0.25) is 0 Å². The zero-order chi connectivity index (χ0) is 32.4. The molecule has 0 bridgehead atoms. The Balaban J connectivity index is 1.35. The number of nitrogens with zero attached hydrogens (tertiary/aromatic N) is 2. The fourth-order valence-corrected chi connectivity index (χ4v) is 9.09. The number of rotatable bonds is 2. The van der Waals surface area contributed by atoms with Gasteiger partial charge in [-0.15, -0.1) is 0 Å². The van der Waals surface area contributed by atoms with Crippen LogP contribution in [0.25, 0.3) is 87.7 Å². The molecule has 0 atom stereocenters. The second-order valence-electron chi connectivity index (χ2n) is 14.1. The van der Waals surface area contributed by atoms with Crippen LogP contribution in [0.15, 0.2) is 158 Å². The van der Waals surface area contributed by atoms with E-state index in [0.29, 0.717) is 0 Å². The minimum Gasteiger partial charge on any atom is -0.309 e. The Morgan fingerprint density at radius 3 is 1.82 bits per heavy atom. The van der Waals surface area contributed by atoms with E-state index in [1.54, 1.807) is 0 Å². The number of para-hydroxylation sites is 1. The molecule has 11 rings (SSSR count). The molecule has 2 aromatic heterocycles. The van der Waals surface area contributed by atoms with Crippen molar-refractivity contribution in [3.63, 3.8) is 0 Å². The van der Waals surface area contributed by atoms with E-state index < -0.39 is 0 Å². The molecular formula is C47H32N2. The van der Waals surface area contributed by atoms with Crippen LogP contribution < -0.4 is 0 Å². The molecule has 0 saturated heterocycles. The first kappa shape index (κ1) is 26.9. The minimum atomic E-state index is -0.0853. The first-order valence-electron chi connectivity index (χ1n) is 17.2. The SMILES string of the molecule is CC1(C)c2ccccc2-c2ccc(-n3c4ccc5c(c6c7ccccc7ccc6n5-c5ccccc5)c4c4ccc5ccccc5c43)cc21. The fourth-order valence-electron chi connectivity index (χ4n) is 9.09. The van der Waals surface area contributed by atoms with Crippen molar-refractivity contribution in [1.29, 1.82) is 0 Å². The van der Waals surface area contributed by atoms with Gasteiger partial charge >= 0.3 is 0 Å². The number of fused-ring (bicyclic) bond motifs is 14. The molecule has 10 aromatic rings. The standard InChI is InChI=1S/C47H32N2/c1-47(2)38-19-11-10-18-35(38)36-24-22-32(28-39(36)47)49-41-26-27-42-45(44(41)37-23-20-30-13-7-9-17-34(30)46(37)49)43-33-16-8-6-12-29(33)21-25-40(43)48(42)31-14-4-3-5-15-31/h3-28H,1-2H3. The summed E-state index contributed by atoms with van der Waals surface area (Å²) in [5.41, 5.74) is 12.7. The molecule has 0 unspecified atom stereocenters.